The molecule has 1 aliphatic heterocycles. The van der Waals surface area contributed by atoms with Gasteiger partial charge in [-0.3, -0.25) is 9.59 Å². The highest BCUT2D eigenvalue weighted by atomic mass is 35.5. The van der Waals surface area contributed by atoms with Gasteiger partial charge in [0.05, 0.1) is 12.2 Å². The monoisotopic (exact) mass is 480 g/mol. The number of anilines is 2. The molecule has 0 spiro atoms. The number of nitrogens with one attached hydrogen (secondary N) is 1. The van der Waals surface area contributed by atoms with Crippen LogP contribution in [0.5, 0.6) is 17.2 Å². The van der Waals surface area contributed by atoms with Crippen molar-refractivity contribution in [2.45, 2.75) is 13.8 Å². The second kappa shape index (κ2) is 10.5. The van der Waals surface area contributed by atoms with Crippen LogP contribution in [-0.4, -0.2) is 38.2 Å². The maximum absolute atomic E-state index is 12.5. The Kier molecular flexibility index (Phi) is 7.23. The smallest absolute Gasteiger partial charge is 0.265 e. The molecule has 0 fully saturated rings. The summed E-state index contributed by atoms with van der Waals surface area (Å²) >= 11 is 5.90. The molecule has 4 rings (SSSR count). The Balaban J connectivity index is 1.39. The van der Waals surface area contributed by atoms with Crippen molar-refractivity contribution in [1.29, 1.82) is 0 Å². The van der Waals surface area contributed by atoms with E-state index in [1.54, 1.807) is 47.4 Å². The average Bonchev–Trinajstić information content (AvgIpc) is 2.82. The Morgan fingerprint density at radius 3 is 2.65 bits per heavy atom. The number of fused-ring (bicyclic) bond motifs is 1. The van der Waals surface area contributed by atoms with E-state index in [4.69, 9.17) is 25.8 Å². The molecule has 3 aromatic rings. The lowest BCUT2D eigenvalue weighted by atomic mass is 10.1. The second-order valence-electron chi connectivity index (χ2n) is 7.92. The van der Waals surface area contributed by atoms with Gasteiger partial charge in [-0.25, -0.2) is 0 Å². The van der Waals surface area contributed by atoms with Crippen molar-refractivity contribution >= 4 is 34.8 Å². The van der Waals surface area contributed by atoms with Gasteiger partial charge >= 0.3 is 0 Å². The van der Waals surface area contributed by atoms with Crippen LogP contribution in [0.3, 0.4) is 0 Å². The molecule has 8 heteroatoms. The van der Waals surface area contributed by atoms with E-state index in [0.717, 1.165) is 11.1 Å². The molecule has 34 heavy (non-hydrogen) atoms. The molecule has 1 aliphatic rings. The Bertz CT molecular complexity index is 1200. The van der Waals surface area contributed by atoms with Crippen molar-refractivity contribution in [3.63, 3.8) is 0 Å². The molecule has 3 aromatic carbocycles. The van der Waals surface area contributed by atoms with Crippen LogP contribution in [0.4, 0.5) is 11.4 Å². The summed E-state index contributed by atoms with van der Waals surface area (Å²) in [6.07, 6.45) is 0. The number of nitrogens with zero attached hydrogens (tertiary/aromatic N) is 1. The molecule has 0 radical (unpaired) electrons. The highest BCUT2D eigenvalue weighted by molar-refractivity contribution is 6.30. The van der Waals surface area contributed by atoms with E-state index in [0.29, 0.717) is 40.2 Å². The topological polar surface area (TPSA) is 77.1 Å². The van der Waals surface area contributed by atoms with E-state index >= 15 is 0 Å². The first-order valence-electron chi connectivity index (χ1n) is 10.8. The van der Waals surface area contributed by atoms with Gasteiger partial charge < -0.3 is 24.4 Å². The Hall–Kier alpha value is -3.71. The minimum absolute atomic E-state index is 0.0522. The van der Waals surface area contributed by atoms with Crippen LogP contribution in [0.1, 0.15) is 11.1 Å². The van der Waals surface area contributed by atoms with Gasteiger partial charge in [-0.15, -0.1) is 0 Å². The zero-order valence-electron chi connectivity index (χ0n) is 19.0. The molecular weight excluding hydrogens is 456 g/mol. The van der Waals surface area contributed by atoms with Crippen LogP contribution in [0.25, 0.3) is 0 Å². The fraction of sp³-hybridized carbons (Fsp3) is 0.231. The molecule has 7 nitrogen and oxygen atoms in total. The van der Waals surface area contributed by atoms with E-state index in [2.05, 4.69) is 5.32 Å². The molecule has 0 aliphatic carbocycles. The molecule has 1 heterocycles. The molecule has 1 N–H and O–H groups in total. The summed E-state index contributed by atoms with van der Waals surface area (Å²) in [5.41, 5.74) is 3.12. The minimum atomic E-state index is -0.304. The average molecular weight is 481 g/mol. The number of carbonyl (C=O) groups excluding carboxylic acids is 2. The van der Waals surface area contributed by atoms with Gasteiger partial charge in [-0.2, -0.15) is 0 Å². The zero-order valence-corrected chi connectivity index (χ0v) is 19.7. The Labute approximate surface area is 203 Å². The second-order valence-corrected chi connectivity index (χ2v) is 8.36. The Morgan fingerprint density at radius 2 is 1.85 bits per heavy atom. The van der Waals surface area contributed by atoms with Crippen LogP contribution in [-0.2, 0) is 9.59 Å². The fourth-order valence-electron chi connectivity index (χ4n) is 3.51. The maximum atomic E-state index is 12.5. The van der Waals surface area contributed by atoms with Gasteiger partial charge in [0.25, 0.3) is 11.8 Å². The molecular formula is C26H25ClN2O5. The minimum Gasteiger partial charge on any atom is -0.492 e. The van der Waals surface area contributed by atoms with E-state index in [1.807, 2.05) is 32.0 Å². The number of carbonyl (C=O) groups is 2. The standard InChI is InChI=1S/C26H25ClN2O5/c1-17-3-4-18(2)24(13-17)33-15-25(30)28-20-7-10-23-22(14-20)29(26(31)16-34-23)11-12-32-21-8-5-19(27)6-9-21/h3-10,13-14H,11-12,15-16H2,1-2H3,(H,28,30). The van der Waals surface area contributed by atoms with Crippen molar-refractivity contribution in [3.05, 3.63) is 76.8 Å². The summed E-state index contributed by atoms with van der Waals surface area (Å²) < 4.78 is 17.0. The lowest BCUT2D eigenvalue weighted by Crippen LogP contribution is -2.41. The molecule has 0 unspecified atom stereocenters. The molecule has 0 atom stereocenters. The van der Waals surface area contributed by atoms with Crippen molar-refractivity contribution in [2.24, 2.45) is 0 Å². The van der Waals surface area contributed by atoms with Gasteiger partial charge in [0.2, 0.25) is 0 Å². The molecule has 2 amide bonds. The molecule has 0 saturated heterocycles. The molecule has 0 bridgehead atoms. The van der Waals surface area contributed by atoms with Gasteiger partial charge in [0.15, 0.2) is 13.2 Å². The number of hydrogen-bond donors (Lipinski definition) is 1. The Morgan fingerprint density at radius 1 is 1.06 bits per heavy atom. The summed E-state index contributed by atoms with van der Waals surface area (Å²) in [5, 5.41) is 3.44. The summed E-state index contributed by atoms with van der Waals surface area (Å²) in [6, 6.07) is 18.0. The quantitative estimate of drug-likeness (QED) is 0.502. The molecule has 176 valence electrons. The number of benzene rings is 3. The number of aryl methyl sites for hydroxylation is 2. The van der Waals surface area contributed by atoms with Crippen LogP contribution in [0.15, 0.2) is 60.7 Å². The predicted octanol–water partition coefficient (Wildman–Crippen LogP) is 4.78. The fourth-order valence-corrected chi connectivity index (χ4v) is 3.64. The normalized spacial score (nSPS) is 12.6. The highest BCUT2D eigenvalue weighted by Gasteiger charge is 2.26. The first-order chi connectivity index (χ1) is 16.4. The first-order valence-corrected chi connectivity index (χ1v) is 11.2. The molecule has 0 aromatic heterocycles. The summed E-state index contributed by atoms with van der Waals surface area (Å²) in [6.45, 7) is 4.32. The predicted molar refractivity (Wildman–Crippen MR) is 131 cm³/mol. The SMILES string of the molecule is Cc1ccc(C)c(OCC(=O)Nc2ccc3c(c2)N(CCOc2ccc(Cl)cc2)C(=O)CO3)c1. The van der Waals surface area contributed by atoms with Crippen LogP contribution in [0, 0.1) is 13.8 Å². The zero-order chi connectivity index (χ0) is 24.1. The van der Waals surface area contributed by atoms with Crippen LogP contribution >= 0.6 is 11.6 Å². The van der Waals surface area contributed by atoms with Crippen molar-refractivity contribution < 1.29 is 23.8 Å². The van der Waals surface area contributed by atoms with E-state index in [9.17, 15) is 9.59 Å². The van der Waals surface area contributed by atoms with E-state index < -0.39 is 0 Å². The third-order valence-electron chi connectivity index (χ3n) is 5.29. The van der Waals surface area contributed by atoms with E-state index in [1.165, 1.54) is 0 Å². The number of halogens is 1. The van der Waals surface area contributed by atoms with Crippen molar-refractivity contribution in [3.8, 4) is 17.2 Å². The first kappa shape index (κ1) is 23.4. The van der Waals surface area contributed by atoms with Gasteiger partial charge in [-0.1, -0.05) is 23.7 Å². The number of rotatable bonds is 8. The van der Waals surface area contributed by atoms with Crippen molar-refractivity contribution in [2.75, 3.05) is 36.6 Å². The summed E-state index contributed by atoms with van der Waals surface area (Å²) in [5.74, 6) is 1.41. The lowest BCUT2D eigenvalue weighted by molar-refractivity contribution is -0.121. The van der Waals surface area contributed by atoms with Crippen LogP contribution < -0.4 is 24.4 Å². The summed E-state index contributed by atoms with van der Waals surface area (Å²) in [7, 11) is 0. The number of amides is 2. The van der Waals surface area contributed by atoms with Crippen LogP contribution in [0.2, 0.25) is 5.02 Å². The van der Waals surface area contributed by atoms with E-state index in [-0.39, 0.29) is 31.6 Å². The lowest BCUT2D eigenvalue weighted by Gasteiger charge is -2.29. The maximum Gasteiger partial charge on any atom is 0.265 e. The highest BCUT2D eigenvalue weighted by Crippen LogP contribution is 2.34. The largest absolute Gasteiger partial charge is 0.492 e. The van der Waals surface area contributed by atoms with Crippen molar-refractivity contribution in [1.82, 2.24) is 0 Å². The third kappa shape index (κ3) is 5.80. The molecule has 0 saturated carbocycles. The van der Waals surface area contributed by atoms with Gasteiger partial charge in [0, 0.05) is 10.7 Å². The van der Waals surface area contributed by atoms with Gasteiger partial charge in [0.1, 0.15) is 23.9 Å². The van der Waals surface area contributed by atoms with Gasteiger partial charge in [-0.05, 0) is 73.5 Å². The summed E-state index contributed by atoms with van der Waals surface area (Å²) in [4.78, 5) is 26.6. The third-order valence-corrected chi connectivity index (χ3v) is 5.54. The number of hydrogen-bond acceptors (Lipinski definition) is 5. The number of ether oxygens (including phenoxy) is 3.